The topological polar surface area (TPSA) is 103 Å². The average molecular weight is 394 g/mol. The molecule has 1 rings (SSSR count). The molecular formula is C20H30N2O6. The van der Waals surface area contributed by atoms with E-state index in [0.29, 0.717) is 24.7 Å². The Morgan fingerprint density at radius 3 is 2.32 bits per heavy atom. The van der Waals surface area contributed by atoms with E-state index in [-0.39, 0.29) is 5.56 Å². The van der Waals surface area contributed by atoms with Crippen LogP contribution in [0.3, 0.4) is 0 Å². The molecule has 8 nitrogen and oxygen atoms in total. The molecule has 0 aliphatic rings. The lowest BCUT2D eigenvalue weighted by molar-refractivity contribution is -0.127. The van der Waals surface area contributed by atoms with Gasteiger partial charge in [0.2, 0.25) is 0 Å². The molecule has 0 aliphatic carbocycles. The summed E-state index contributed by atoms with van der Waals surface area (Å²) in [7, 11) is 0. The third kappa shape index (κ3) is 7.85. The van der Waals surface area contributed by atoms with Gasteiger partial charge in [-0.25, -0.2) is 9.59 Å². The summed E-state index contributed by atoms with van der Waals surface area (Å²) in [6.07, 6.45) is -0.310. The molecule has 0 saturated carbocycles. The van der Waals surface area contributed by atoms with Crippen LogP contribution in [-0.4, -0.2) is 42.8 Å². The molecule has 0 saturated heterocycles. The molecule has 0 aromatic heterocycles. The number of imide groups is 1. The van der Waals surface area contributed by atoms with E-state index in [2.05, 4.69) is 10.6 Å². The number of carbonyl (C=O) groups excluding carboxylic acids is 3. The average Bonchev–Trinajstić information content (AvgIpc) is 2.58. The Hall–Kier alpha value is -2.77. The van der Waals surface area contributed by atoms with Crippen molar-refractivity contribution in [1.29, 1.82) is 0 Å². The number of nitrogens with one attached hydrogen (secondary N) is 2. The second-order valence-corrected chi connectivity index (χ2v) is 7.18. The first-order valence-corrected chi connectivity index (χ1v) is 9.31. The Balaban J connectivity index is 2.76. The van der Waals surface area contributed by atoms with Gasteiger partial charge in [0, 0.05) is 5.54 Å². The van der Waals surface area contributed by atoms with Gasteiger partial charge in [0.25, 0.3) is 5.91 Å². The molecule has 3 amide bonds. The highest BCUT2D eigenvalue weighted by Crippen LogP contribution is 2.29. The van der Waals surface area contributed by atoms with Crippen molar-refractivity contribution in [2.75, 3.05) is 13.2 Å². The van der Waals surface area contributed by atoms with E-state index >= 15 is 0 Å². The molecule has 0 unspecified atom stereocenters. The van der Waals surface area contributed by atoms with Gasteiger partial charge >= 0.3 is 12.0 Å². The summed E-state index contributed by atoms with van der Waals surface area (Å²) in [5, 5.41) is 4.74. The van der Waals surface area contributed by atoms with Crippen LogP contribution >= 0.6 is 0 Å². The van der Waals surface area contributed by atoms with Crippen molar-refractivity contribution in [3.05, 3.63) is 23.8 Å². The summed E-state index contributed by atoms with van der Waals surface area (Å²) in [6.45, 7) is 11.5. The minimum atomic E-state index is -1.15. The number of amides is 3. The summed E-state index contributed by atoms with van der Waals surface area (Å²) in [5.41, 5.74) is -0.284. The van der Waals surface area contributed by atoms with Crippen molar-refractivity contribution in [2.24, 2.45) is 0 Å². The van der Waals surface area contributed by atoms with Gasteiger partial charge in [0.05, 0.1) is 18.8 Å². The van der Waals surface area contributed by atoms with Gasteiger partial charge in [-0.3, -0.25) is 10.1 Å². The van der Waals surface area contributed by atoms with Crippen LogP contribution in [0.2, 0.25) is 0 Å². The fourth-order valence-electron chi connectivity index (χ4n) is 2.10. The molecule has 0 radical (unpaired) electrons. The summed E-state index contributed by atoms with van der Waals surface area (Å²) >= 11 is 0. The SMILES string of the molecule is CCCOc1ccc(C(=O)O[C@H](C)C(=O)NC(=O)NC(C)(C)C)cc1OCC. The maximum Gasteiger partial charge on any atom is 0.339 e. The Bertz CT molecular complexity index is 696. The molecule has 1 atom stereocenters. The van der Waals surface area contributed by atoms with Gasteiger partial charge < -0.3 is 19.5 Å². The monoisotopic (exact) mass is 394 g/mol. The lowest BCUT2D eigenvalue weighted by Gasteiger charge is -2.21. The van der Waals surface area contributed by atoms with Crippen LogP contribution in [-0.2, 0) is 9.53 Å². The summed E-state index contributed by atoms with van der Waals surface area (Å²) in [4.78, 5) is 36.2. The van der Waals surface area contributed by atoms with Gasteiger partial charge in [0.15, 0.2) is 17.6 Å². The standard InChI is InChI=1S/C20H30N2O6/c1-7-11-27-15-10-9-14(12-16(15)26-8-2)18(24)28-13(3)17(23)21-19(25)22-20(4,5)6/h9-10,12-13H,7-8,11H2,1-6H3,(H2,21,22,23,25)/t13-/m1/s1. The Kier molecular flexibility index (Phi) is 8.76. The number of carbonyl (C=O) groups is 3. The number of hydrogen-bond acceptors (Lipinski definition) is 6. The molecule has 0 heterocycles. The Labute approximate surface area is 165 Å². The van der Waals surface area contributed by atoms with Crippen LogP contribution < -0.4 is 20.1 Å². The molecule has 0 aliphatic heterocycles. The first-order valence-electron chi connectivity index (χ1n) is 9.31. The molecule has 156 valence electrons. The maximum atomic E-state index is 12.4. The summed E-state index contributed by atoms with van der Waals surface area (Å²) in [5.74, 6) is -0.471. The Morgan fingerprint density at radius 1 is 1.07 bits per heavy atom. The predicted octanol–water partition coefficient (Wildman–Crippen LogP) is 3.04. The number of rotatable bonds is 8. The zero-order valence-corrected chi connectivity index (χ0v) is 17.4. The highest BCUT2D eigenvalue weighted by Gasteiger charge is 2.23. The molecule has 8 heteroatoms. The minimum absolute atomic E-state index is 0.214. The van der Waals surface area contributed by atoms with Crippen LogP contribution in [0, 0.1) is 0 Å². The van der Waals surface area contributed by atoms with Crippen molar-refractivity contribution in [3.63, 3.8) is 0 Å². The summed E-state index contributed by atoms with van der Waals surface area (Å²) in [6, 6.07) is 4.01. The molecule has 1 aromatic rings. The molecule has 0 fully saturated rings. The molecular weight excluding hydrogens is 364 g/mol. The molecule has 2 N–H and O–H groups in total. The van der Waals surface area contributed by atoms with E-state index in [4.69, 9.17) is 14.2 Å². The van der Waals surface area contributed by atoms with E-state index in [1.54, 1.807) is 26.8 Å². The number of benzene rings is 1. The second-order valence-electron chi connectivity index (χ2n) is 7.18. The van der Waals surface area contributed by atoms with Crippen LogP contribution in [0.15, 0.2) is 18.2 Å². The van der Waals surface area contributed by atoms with Crippen molar-refractivity contribution in [1.82, 2.24) is 10.6 Å². The number of urea groups is 1. The van der Waals surface area contributed by atoms with Crippen molar-refractivity contribution >= 4 is 17.9 Å². The van der Waals surface area contributed by atoms with Gasteiger partial charge in [0.1, 0.15) is 0 Å². The number of esters is 1. The van der Waals surface area contributed by atoms with E-state index in [9.17, 15) is 14.4 Å². The Morgan fingerprint density at radius 2 is 1.75 bits per heavy atom. The first kappa shape index (κ1) is 23.3. The first-order chi connectivity index (χ1) is 13.1. The smallest absolute Gasteiger partial charge is 0.339 e. The maximum absolute atomic E-state index is 12.4. The van der Waals surface area contributed by atoms with Gasteiger partial charge in [-0.2, -0.15) is 0 Å². The third-order valence-electron chi connectivity index (χ3n) is 3.32. The minimum Gasteiger partial charge on any atom is -0.490 e. The highest BCUT2D eigenvalue weighted by atomic mass is 16.5. The number of ether oxygens (including phenoxy) is 3. The van der Waals surface area contributed by atoms with Gasteiger partial charge in [-0.05, 0) is 59.2 Å². The largest absolute Gasteiger partial charge is 0.490 e. The van der Waals surface area contributed by atoms with E-state index in [0.717, 1.165) is 6.42 Å². The number of hydrogen-bond donors (Lipinski definition) is 2. The fourth-order valence-corrected chi connectivity index (χ4v) is 2.10. The zero-order chi connectivity index (χ0) is 21.3. The quantitative estimate of drug-likeness (QED) is 0.657. The van der Waals surface area contributed by atoms with Gasteiger partial charge in [-0.1, -0.05) is 6.92 Å². The van der Waals surface area contributed by atoms with E-state index in [1.807, 2.05) is 13.8 Å². The van der Waals surface area contributed by atoms with E-state index < -0.39 is 29.6 Å². The predicted molar refractivity (Wildman–Crippen MR) is 105 cm³/mol. The van der Waals surface area contributed by atoms with Crippen molar-refractivity contribution < 1.29 is 28.6 Å². The molecule has 0 bridgehead atoms. The van der Waals surface area contributed by atoms with E-state index in [1.165, 1.54) is 19.1 Å². The van der Waals surface area contributed by atoms with Crippen LogP contribution in [0.25, 0.3) is 0 Å². The lowest BCUT2D eigenvalue weighted by Crippen LogP contribution is -2.50. The molecule has 0 spiro atoms. The van der Waals surface area contributed by atoms with Crippen LogP contribution in [0.5, 0.6) is 11.5 Å². The molecule has 1 aromatic carbocycles. The molecule has 28 heavy (non-hydrogen) atoms. The van der Waals surface area contributed by atoms with Gasteiger partial charge in [-0.15, -0.1) is 0 Å². The third-order valence-corrected chi connectivity index (χ3v) is 3.32. The fraction of sp³-hybridized carbons (Fsp3) is 0.550. The summed E-state index contributed by atoms with van der Waals surface area (Å²) < 4.78 is 16.3. The highest BCUT2D eigenvalue weighted by molar-refractivity contribution is 5.98. The van der Waals surface area contributed by atoms with Crippen molar-refractivity contribution in [2.45, 2.75) is 59.6 Å². The normalized spacial score (nSPS) is 11.9. The van der Waals surface area contributed by atoms with Crippen molar-refractivity contribution in [3.8, 4) is 11.5 Å². The zero-order valence-electron chi connectivity index (χ0n) is 17.4. The van der Waals surface area contributed by atoms with Crippen LogP contribution in [0.1, 0.15) is 58.3 Å². The second kappa shape index (κ2) is 10.5. The van der Waals surface area contributed by atoms with Crippen LogP contribution in [0.4, 0.5) is 4.79 Å². The lowest BCUT2D eigenvalue weighted by atomic mass is 10.1.